The van der Waals surface area contributed by atoms with E-state index in [9.17, 15) is 14.0 Å². The van der Waals surface area contributed by atoms with Crippen molar-refractivity contribution in [3.05, 3.63) is 75.6 Å². The molecule has 0 saturated heterocycles. The number of Topliss-reactive ketones (excluding diaryl/α,β-unsaturated/α-hetero) is 2. The number of halogens is 1. The summed E-state index contributed by atoms with van der Waals surface area (Å²) in [5.74, 6) is -1.01. The number of carbonyl (C=O) groups is 2. The van der Waals surface area contributed by atoms with Gasteiger partial charge in [-0.1, -0.05) is 6.07 Å². The Morgan fingerprint density at radius 1 is 1.04 bits per heavy atom. The lowest BCUT2D eigenvalue weighted by molar-refractivity contribution is 0.0972. The third-order valence-electron chi connectivity index (χ3n) is 4.31. The fourth-order valence-corrected chi connectivity index (χ4v) is 3.66. The molecule has 1 heterocycles. The summed E-state index contributed by atoms with van der Waals surface area (Å²) < 4.78 is 14.6. The van der Waals surface area contributed by atoms with E-state index in [0.29, 0.717) is 17.6 Å². The van der Waals surface area contributed by atoms with Crippen LogP contribution in [-0.2, 0) is 6.42 Å². The summed E-state index contributed by atoms with van der Waals surface area (Å²) in [5.41, 5.74) is 4.83. The van der Waals surface area contributed by atoms with Crippen LogP contribution in [-0.4, -0.2) is 16.6 Å². The number of thiazole rings is 1. The van der Waals surface area contributed by atoms with Gasteiger partial charge in [-0.2, -0.15) is 0 Å². The van der Waals surface area contributed by atoms with Crippen molar-refractivity contribution in [1.82, 2.24) is 4.98 Å². The molecule has 5 heteroatoms. The molecule has 0 unspecified atom stereocenters. The van der Waals surface area contributed by atoms with E-state index in [1.165, 1.54) is 12.1 Å². The second-order valence-corrected chi connectivity index (χ2v) is 6.67. The summed E-state index contributed by atoms with van der Waals surface area (Å²) in [6.07, 6.45) is 0.333. The average Bonchev–Trinajstić information content (AvgIpc) is 3.04. The van der Waals surface area contributed by atoms with Crippen LogP contribution < -0.4 is 0 Å². The fourth-order valence-electron chi connectivity index (χ4n) is 3.00. The number of hydrogen-bond donors (Lipinski definition) is 0. The van der Waals surface area contributed by atoms with Gasteiger partial charge in [-0.15, -0.1) is 11.3 Å². The maximum Gasteiger partial charge on any atom is 0.190 e. The highest BCUT2D eigenvalue weighted by Gasteiger charge is 2.30. The van der Waals surface area contributed by atoms with Gasteiger partial charge in [0.25, 0.3) is 0 Å². The molecule has 0 N–H and O–H groups in total. The van der Waals surface area contributed by atoms with Crippen LogP contribution in [0.15, 0.2) is 53.1 Å². The standard InChI is InChI=1S/C19H12FNO2S/c1-10-14(6-11-2-5-17-16(7-11)21-9-24-17)19(23)15-8-12(20)3-4-13(15)18(10)22/h2-5,7-9H,6H2,1H3. The van der Waals surface area contributed by atoms with Crippen molar-refractivity contribution in [3.63, 3.8) is 0 Å². The molecule has 0 radical (unpaired) electrons. The maximum atomic E-state index is 13.5. The van der Waals surface area contributed by atoms with E-state index in [1.54, 1.807) is 23.8 Å². The van der Waals surface area contributed by atoms with E-state index in [1.807, 2.05) is 18.2 Å². The molecule has 118 valence electrons. The van der Waals surface area contributed by atoms with Crippen LogP contribution >= 0.6 is 11.3 Å². The molecule has 1 aromatic heterocycles. The van der Waals surface area contributed by atoms with Crippen LogP contribution in [0.4, 0.5) is 4.39 Å². The number of benzene rings is 2. The van der Waals surface area contributed by atoms with Gasteiger partial charge in [-0.25, -0.2) is 9.37 Å². The Morgan fingerprint density at radius 2 is 1.88 bits per heavy atom. The first-order valence-corrected chi connectivity index (χ1v) is 8.33. The molecule has 1 aliphatic rings. The minimum atomic E-state index is -0.516. The Balaban J connectivity index is 1.77. The van der Waals surface area contributed by atoms with E-state index in [2.05, 4.69) is 4.98 Å². The highest BCUT2D eigenvalue weighted by Crippen LogP contribution is 2.29. The number of allylic oxidation sites excluding steroid dienone is 2. The van der Waals surface area contributed by atoms with Gasteiger partial charge in [0, 0.05) is 28.7 Å². The molecule has 0 bridgehead atoms. The molecule has 3 nitrogen and oxygen atoms in total. The van der Waals surface area contributed by atoms with Gasteiger partial charge in [-0.05, 0) is 42.8 Å². The van der Waals surface area contributed by atoms with Gasteiger partial charge >= 0.3 is 0 Å². The lowest BCUT2D eigenvalue weighted by Crippen LogP contribution is -2.22. The Kier molecular flexibility index (Phi) is 3.39. The lowest BCUT2D eigenvalue weighted by Gasteiger charge is -2.19. The molecule has 0 saturated carbocycles. The zero-order chi connectivity index (χ0) is 16.8. The molecule has 0 spiro atoms. The first kappa shape index (κ1) is 14.9. The third kappa shape index (κ3) is 2.29. The molecular weight excluding hydrogens is 325 g/mol. The van der Waals surface area contributed by atoms with Crippen molar-refractivity contribution in [2.75, 3.05) is 0 Å². The van der Waals surface area contributed by atoms with Gasteiger partial charge in [0.1, 0.15) is 5.82 Å². The minimum Gasteiger partial charge on any atom is -0.289 e. The fraction of sp³-hybridized carbons (Fsp3) is 0.105. The van der Waals surface area contributed by atoms with Crippen LogP contribution in [0.25, 0.3) is 10.2 Å². The Hall–Kier alpha value is -2.66. The Morgan fingerprint density at radius 3 is 2.71 bits per heavy atom. The first-order valence-electron chi connectivity index (χ1n) is 7.45. The summed E-state index contributed by atoms with van der Waals surface area (Å²) in [5, 5.41) is 0. The van der Waals surface area contributed by atoms with Crippen LogP contribution in [0, 0.1) is 5.82 Å². The smallest absolute Gasteiger partial charge is 0.190 e. The number of nitrogens with zero attached hydrogens (tertiary/aromatic N) is 1. The maximum absolute atomic E-state index is 13.5. The Bertz CT molecular complexity index is 1050. The van der Waals surface area contributed by atoms with Gasteiger partial charge in [0.15, 0.2) is 11.6 Å². The number of rotatable bonds is 2. The number of hydrogen-bond acceptors (Lipinski definition) is 4. The summed E-state index contributed by atoms with van der Waals surface area (Å²) in [4.78, 5) is 29.5. The number of carbonyl (C=O) groups excluding carboxylic acids is 2. The molecule has 24 heavy (non-hydrogen) atoms. The molecule has 3 aromatic rings. The minimum absolute atomic E-state index is 0.148. The SMILES string of the molecule is CC1=C(Cc2ccc3scnc3c2)C(=O)c2cc(F)ccc2C1=O. The van der Waals surface area contributed by atoms with Crippen LogP contribution in [0.5, 0.6) is 0 Å². The monoisotopic (exact) mass is 337 g/mol. The van der Waals surface area contributed by atoms with Crippen molar-refractivity contribution in [3.8, 4) is 0 Å². The molecule has 0 fully saturated rings. The zero-order valence-electron chi connectivity index (χ0n) is 12.8. The normalized spacial score (nSPS) is 14.4. The summed E-state index contributed by atoms with van der Waals surface area (Å²) >= 11 is 1.55. The van der Waals surface area contributed by atoms with E-state index < -0.39 is 5.82 Å². The molecule has 4 rings (SSSR count). The van der Waals surface area contributed by atoms with Crippen molar-refractivity contribution >= 4 is 33.1 Å². The number of aromatic nitrogens is 1. The quantitative estimate of drug-likeness (QED) is 0.697. The average molecular weight is 337 g/mol. The molecule has 2 aromatic carbocycles. The molecule has 0 amide bonds. The predicted molar refractivity (Wildman–Crippen MR) is 91.1 cm³/mol. The van der Waals surface area contributed by atoms with E-state index >= 15 is 0 Å². The second kappa shape index (κ2) is 5.46. The van der Waals surface area contributed by atoms with E-state index in [-0.39, 0.29) is 22.7 Å². The lowest BCUT2D eigenvalue weighted by atomic mass is 9.82. The Labute approximate surface area is 141 Å². The van der Waals surface area contributed by atoms with Crippen molar-refractivity contribution < 1.29 is 14.0 Å². The topological polar surface area (TPSA) is 47.0 Å². The molecule has 0 aliphatic heterocycles. The summed E-state index contributed by atoms with van der Waals surface area (Å²) in [6.45, 7) is 1.66. The van der Waals surface area contributed by atoms with Crippen LogP contribution in [0.1, 0.15) is 33.2 Å². The van der Waals surface area contributed by atoms with Gasteiger partial charge in [0.05, 0.1) is 15.7 Å². The number of fused-ring (bicyclic) bond motifs is 2. The predicted octanol–water partition coefficient (Wildman–Crippen LogP) is 4.37. The zero-order valence-corrected chi connectivity index (χ0v) is 13.6. The van der Waals surface area contributed by atoms with Crippen LogP contribution in [0.3, 0.4) is 0 Å². The van der Waals surface area contributed by atoms with Crippen LogP contribution in [0.2, 0.25) is 0 Å². The summed E-state index contributed by atoms with van der Waals surface area (Å²) in [6, 6.07) is 9.54. The first-order chi connectivity index (χ1) is 11.5. The molecular formula is C19H12FNO2S. The third-order valence-corrected chi connectivity index (χ3v) is 5.12. The highest BCUT2D eigenvalue weighted by atomic mass is 32.1. The van der Waals surface area contributed by atoms with Gasteiger partial charge < -0.3 is 0 Å². The van der Waals surface area contributed by atoms with Crippen molar-refractivity contribution in [2.45, 2.75) is 13.3 Å². The van der Waals surface area contributed by atoms with E-state index in [4.69, 9.17) is 0 Å². The van der Waals surface area contributed by atoms with Crippen molar-refractivity contribution in [2.24, 2.45) is 0 Å². The second-order valence-electron chi connectivity index (χ2n) is 5.78. The van der Waals surface area contributed by atoms with Gasteiger partial charge in [0.2, 0.25) is 0 Å². The molecule has 0 atom stereocenters. The summed E-state index contributed by atoms with van der Waals surface area (Å²) in [7, 11) is 0. The largest absolute Gasteiger partial charge is 0.289 e. The van der Waals surface area contributed by atoms with E-state index in [0.717, 1.165) is 21.8 Å². The number of ketones is 2. The molecule has 1 aliphatic carbocycles. The highest BCUT2D eigenvalue weighted by molar-refractivity contribution is 7.16. The van der Waals surface area contributed by atoms with Crippen molar-refractivity contribution in [1.29, 1.82) is 0 Å². The van der Waals surface area contributed by atoms with Gasteiger partial charge in [-0.3, -0.25) is 9.59 Å².